The van der Waals surface area contributed by atoms with Gasteiger partial charge in [0, 0.05) is 13.1 Å². The smallest absolute Gasteiger partial charge is 0.250 e. The number of amides is 1. The Bertz CT molecular complexity index is 598. The van der Waals surface area contributed by atoms with Crippen molar-refractivity contribution < 1.29 is 18.0 Å². The molecule has 0 bridgehead atoms. The Morgan fingerprint density at radius 2 is 1.86 bits per heavy atom. The van der Waals surface area contributed by atoms with E-state index in [0.717, 1.165) is 10.6 Å². The minimum Gasteiger partial charge on any atom is -0.275 e. The molecule has 0 aromatic heterocycles. The van der Waals surface area contributed by atoms with Crippen molar-refractivity contribution in [1.29, 1.82) is 0 Å². The fourth-order valence-corrected chi connectivity index (χ4v) is 3.47. The van der Waals surface area contributed by atoms with E-state index in [0.29, 0.717) is 6.42 Å². The largest absolute Gasteiger partial charge is 0.275 e. The molecular formula is C15H24N2O4S. The first-order valence-electron chi connectivity index (χ1n) is 7.13. The first kappa shape index (κ1) is 18.6. The summed E-state index contributed by atoms with van der Waals surface area (Å²) in [6.07, 6.45) is 0.496. The zero-order valence-electron chi connectivity index (χ0n) is 13.7. The van der Waals surface area contributed by atoms with E-state index in [1.54, 1.807) is 31.2 Å². The van der Waals surface area contributed by atoms with Crippen LogP contribution in [0.1, 0.15) is 25.8 Å². The highest BCUT2D eigenvalue weighted by molar-refractivity contribution is 7.89. The molecule has 7 heteroatoms. The van der Waals surface area contributed by atoms with Crippen molar-refractivity contribution >= 4 is 15.9 Å². The van der Waals surface area contributed by atoms with Crippen LogP contribution in [0.2, 0.25) is 0 Å². The fourth-order valence-electron chi connectivity index (χ4n) is 2.07. The van der Waals surface area contributed by atoms with Crippen LogP contribution in [0, 0.1) is 12.8 Å². The maximum atomic E-state index is 12.4. The molecule has 0 radical (unpaired) electrons. The van der Waals surface area contributed by atoms with E-state index in [4.69, 9.17) is 4.84 Å². The van der Waals surface area contributed by atoms with Gasteiger partial charge in [-0.25, -0.2) is 18.2 Å². The molecule has 0 unspecified atom stereocenters. The van der Waals surface area contributed by atoms with Gasteiger partial charge in [0.1, 0.15) is 0 Å². The van der Waals surface area contributed by atoms with Crippen LogP contribution in [0.4, 0.5) is 0 Å². The van der Waals surface area contributed by atoms with Crippen molar-refractivity contribution in [2.75, 3.05) is 14.2 Å². The third-order valence-corrected chi connectivity index (χ3v) is 5.16. The second kappa shape index (κ2) is 7.71. The van der Waals surface area contributed by atoms with Gasteiger partial charge in [-0.3, -0.25) is 9.63 Å². The van der Waals surface area contributed by atoms with Gasteiger partial charge in [-0.1, -0.05) is 31.5 Å². The highest BCUT2D eigenvalue weighted by atomic mass is 32.2. The number of carbonyl (C=O) groups excluding carboxylic acids is 1. The lowest BCUT2D eigenvalue weighted by atomic mass is 10.00. The monoisotopic (exact) mass is 328 g/mol. The molecule has 124 valence electrons. The van der Waals surface area contributed by atoms with Crippen LogP contribution in [-0.4, -0.2) is 39.6 Å². The van der Waals surface area contributed by atoms with E-state index < -0.39 is 22.0 Å². The predicted molar refractivity (Wildman–Crippen MR) is 84.5 cm³/mol. The van der Waals surface area contributed by atoms with Gasteiger partial charge in [-0.2, -0.15) is 0 Å². The summed E-state index contributed by atoms with van der Waals surface area (Å²) in [5.41, 5.74) is 0.983. The average molecular weight is 328 g/mol. The number of sulfonamides is 1. The number of hydrogen-bond acceptors (Lipinski definition) is 4. The van der Waals surface area contributed by atoms with E-state index in [1.165, 1.54) is 14.2 Å². The Labute approximate surface area is 132 Å². The molecular weight excluding hydrogens is 304 g/mol. The van der Waals surface area contributed by atoms with Crippen molar-refractivity contribution in [2.24, 2.45) is 5.92 Å². The maximum Gasteiger partial charge on any atom is 0.250 e. The summed E-state index contributed by atoms with van der Waals surface area (Å²) in [6.45, 7) is 5.41. The minimum absolute atomic E-state index is 0.191. The number of aryl methyl sites for hydroxylation is 1. The average Bonchev–Trinajstić information content (AvgIpc) is 2.50. The van der Waals surface area contributed by atoms with Gasteiger partial charge >= 0.3 is 0 Å². The number of nitrogens with zero attached hydrogens (tertiary/aromatic N) is 1. The van der Waals surface area contributed by atoms with Gasteiger partial charge in [0.15, 0.2) is 0 Å². The van der Waals surface area contributed by atoms with Crippen LogP contribution in [0.15, 0.2) is 29.2 Å². The zero-order chi connectivity index (χ0) is 16.9. The van der Waals surface area contributed by atoms with Gasteiger partial charge in [-0.05, 0) is 25.5 Å². The minimum atomic E-state index is -3.66. The third kappa shape index (κ3) is 4.53. The molecule has 22 heavy (non-hydrogen) atoms. The van der Waals surface area contributed by atoms with E-state index in [2.05, 4.69) is 4.72 Å². The summed E-state index contributed by atoms with van der Waals surface area (Å²) in [5.74, 6) is -0.809. The second-order valence-electron chi connectivity index (χ2n) is 5.26. The Morgan fingerprint density at radius 1 is 1.32 bits per heavy atom. The van der Waals surface area contributed by atoms with Gasteiger partial charge in [0.05, 0.1) is 17.9 Å². The molecule has 0 saturated heterocycles. The molecule has 2 atom stereocenters. The van der Waals surface area contributed by atoms with Crippen molar-refractivity contribution in [3.05, 3.63) is 29.8 Å². The number of hydrogen-bond donors (Lipinski definition) is 1. The predicted octanol–water partition coefficient (Wildman–Crippen LogP) is 1.71. The van der Waals surface area contributed by atoms with Crippen LogP contribution in [0.3, 0.4) is 0 Å². The van der Waals surface area contributed by atoms with E-state index >= 15 is 0 Å². The van der Waals surface area contributed by atoms with Crippen LogP contribution < -0.4 is 4.72 Å². The lowest BCUT2D eigenvalue weighted by molar-refractivity contribution is -0.173. The first-order valence-corrected chi connectivity index (χ1v) is 8.62. The lowest BCUT2D eigenvalue weighted by Gasteiger charge is -2.26. The maximum absolute atomic E-state index is 12.4. The standard InChI is InChI=1S/C15H24N2O4S/c1-6-14(12(3)15(18)17(4)21-5)16-22(19,20)13-9-7-11(2)8-10-13/h7-10,12,14,16H,6H2,1-5H3/t12-,14+/m1/s1. The van der Waals surface area contributed by atoms with Gasteiger partial charge in [0.25, 0.3) is 0 Å². The molecule has 1 aromatic carbocycles. The zero-order valence-corrected chi connectivity index (χ0v) is 14.5. The Hall–Kier alpha value is -1.44. The number of hydroxylamine groups is 2. The molecule has 1 amide bonds. The molecule has 0 aliphatic heterocycles. The SMILES string of the molecule is CC[C@H](NS(=O)(=O)c1ccc(C)cc1)[C@@H](C)C(=O)N(C)OC. The summed E-state index contributed by atoms with van der Waals surface area (Å²) in [5, 5.41) is 1.10. The van der Waals surface area contributed by atoms with Crippen molar-refractivity contribution in [2.45, 2.75) is 38.1 Å². The molecule has 1 N–H and O–H groups in total. The molecule has 0 fully saturated rings. The van der Waals surface area contributed by atoms with E-state index in [-0.39, 0.29) is 10.8 Å². The Balaban J connectivity index is 2.93. The fraction of sp³-hybridized carbons (Fsp3) is 0.533. The number of benzene rings is 1. The van der Waals surface area contributed by atoms with Crippen molar-refractivity contribution in [3.63, 3.8) is 0 Å². The number of nitrogens with one attached hydrogen (secondary N) is 1. The number of carbonyl (C=O) groups is 1. The van der Waals surface area contributed by atoms with Crippen LogP contribution in [0.25, 0.3) is 0 Å². The highest BCUT2D eigenvalue weighted by Crippen LogP contribution is 2.16. The highest BCUT2D eigenvalue weighted by Gasteiger charge is 2.29. The van der Waals surface area contributed by atoms with Crippen LogP contribution in [0.5, 0.6) is 0 Å². The molecule has 0 saturated carbocycles. The molecule has 1 aromatic rings. The molecule has 0 heterocycles. The molecule has 1 rings (SSSR count). The topological polar surface area (TPSA) is 75.7 Å². The quantitative estimate of drug-likeness (QED) is 0.773. The van der Waals surface area contributed by atoms with Gasteiger partial charge < -0.3 is 0 Å². The Kier molecular flexibility index (Phi) is 6.52. The Morgan fingerprint density at radius 3 is 2.32 bits per heavy atom. The summed E-state index contributed by atoms with van der Waals surface area (Å²) >= 11 is 0. The summed E-state index contributed by atoms with van der Waals surface area (Å²) in [7, 11) is -0.770. The summed E-state index contributed by atoms with van der Waals surface area (Å²) < 4.78 is 27.4. The molecule has 0 spiro atoms. The van der Waals surface area contributed by atoms with Crippen molar-refractivity contribution in [3.8, 4) is 0 Å². The number of rotatable bonds is 7. The summed E-state index contributed by atoms with van der Waals surface area (Å²) in [4.78, 5) is 17.2. The molecule has 0 aliphatic carbocycles. The van der Waals surface area contributed by atoms with Crippen LogP contribution >= 0.6 is 0 Å². The van der Waals surface area contributed by atoms with E-state index in [1.807, 2.05) is 13.8 Å². The van der Waals surface area contributed by atoms with Gasteiger partial charge in [0.2, 0.25) is 15.9 Å². The normalized spacial score (nSPS) is 14.4. The lowest BCUT2D eigenvalue weighted by Crippen LogP contribution is -2.45. The van der Waals surface area contributed by atoms with E-state index in [9.17, 15) is 13.2 Å². The van der Waals surface area contributed by atoms with Crippen molar-refractivity contribution in [1.82, 2.24) is 9.79 Å². The van der Waals surface area contributed by atoms with Gasteiger partial charge in [-0.15, -0.1) is 0 Å². The first-order chi connectivity index (χ1) is 10.2. The molecule has 6 nitrogen and oxygen atoms in total. The van der Waals surface area contributed by atoms with Crippen LogP contribution in [-0.2, 0) is 19.7 Å². The summed E-state index contributed by atoms with van der Waals surface area (Å²) in [6, 6.07) is 6.08. The molecule has 0 aliphatic rings. The second-order valence-corrected chi connectivity index (χ2v) is 6.97. The third-order valence-electron chi connectivity index (χ3n) is 3.65.